The van der Waals surface area contributed by atoms with Crippen molar-refractivity contribution in [3.05, 3.63) is 54.1 Å². The maximum atomic E-state index is 12.6. The van der Waals surface area contributed by atoms with Crippen LogP contribution in [-0.2, 0) is 14.8 Å². The van der Waals surface area contributed by atoms with Crippen molar-refractivity contribution in [2.75, 3.05) is 23.8 Å². The summed E-state index contributed by atoms with van der Waals surface area (Å²) in [7, 11) is -3.67. The second kappa shape index (κ2) is 8.52. The lowest BCUT2D eigenvalue weighted by molar-refractivity contribution is -0.121. The number of hydrazone groups is 1. The number of fused-ring (bicyclic) bond motifs is 1. The molecule has 0 aliphatic carbocycles. The van der Waals surface area contributed by atoms with Crippen molar-refractivity contribution in [2.45, 2.75) is 19.9 Å². The van der Waals surface area contributed by atoms with Gasteiger partial charge in [-0.15, -0.1) is 0 Å². The fraction of sp³-hybridized carbons (Fsp3) is 0.300. The number of carbonyl (C=O) groups excluding carboxylic acids is 1. The lowest BCUT2D eigenvalue weighted by Gasteiger charge is -2.27. The molecule has 1 atom stereocenters. The van der Waals surface area contributed by atoms with Gasteiger partial charge >= 0.3 is 0 Å². The number of hydrogen-bond donors (Lipinski definition) is 1. The average Bonchev–Trinajstić information content (AvgIpc) is 2.71. The summed E-state index contributed by atoms with van der Waals surface area (Å²) in [5, 5.41) is 4.12. The first-order chi connectivity index (χ1) is 13.8. The number of nitrogens with zero attached hydrogens (tertiary/aromatic N) is 2. The number of ether oxygens (including phenoxy) is 2. The predicted molar refractivity (Wildman–Crippen MR) is 111 cm³/mol. The fourth-order valence-corrected chi connectivity index (χ4v) is 4.12. The highest BCUT2D eigenvalue weighted by Crippen LogP contribution is 2.30. The van der Waals surface area contributed by atoms with Gasteiger partial charge in [-0.3, -0.25) is 9.10 Å². The Balaban J connectivity index is 1.76. The van der Waals surface area contributed by atoms with Crippen LogP contribution in [0.15, 0.2) is 53.6 Å². The van der Waals surface area contributed by atoms with E-state index in [2.05, 4.69) is 10.5 Å². The van der Waals surface area contributed by atoms with Crippen LogP contribution < -0.4 is 19.2 Å². The summed E-state index contributed by atoms with van der Waals surface area (Å²) in [5.74, 6) is 0.739. The molecule has 1 heterocycles. The van der Waals surface area contributed by atoms with Crippen LogP contribution in [0.1, 0.15) is 19.4 Å². The summed E-state index contributed by atoms with van der Waals surface area (Å²) in [6, 6.07) is 12.9. The molecule has 154 valence electrons. The van der Waals surface area contributed by atoms with E-state index in [1.807, 2.05) is 6.07 Å². The van der Waals surface area contributed by atoms with Gasteiger partial charge in [0.05, 0.1) is 17.7 Å². The van der Waals surface area contributed by atoms with Crippen molar-refractivity contribution >= 4 is 27.3 Å². The van der Waals surface area contributed by atoms with E-state index >= 15 is 0 Å². The van der Waals surface area contributed by atoms with E-state index < -0.39 is 22.0 Å². The van der Waals surface area contributed by atoms with Crippen molar-refractivity contribution in [1.82, 2.24) is 5.43 Å². The molecule has 0 radical (unpaired) electrons. The average molecular weight is 417 g/mol. The Morgan fingerprint density at radius 2 is 1.76 bits per heavy atom. The van der Waals surface area contributed by atoms with Gasteiger partial charge in [0.15, 0.2) is 11.5 Å². The molecule has 0 fully saturated rings. The van der Waals surface area contributed by atoms with E-state index in [-0.39, 0.29) is 0 Å². The van der Waals surface area contributed by atoms with Gasteiger partial charge in [0, 0.05) is 5.56 Å². The predicted octanol–water partition coefficient (Wildman–Crippen LogP) is 2.15. The Hall–Kier alpha value is -3.07. The Morgan fingerprint density at radius 3 is 2.41 bits per heavy atom. The van der Waals surface area contributed by atoms with Gasteiger partial charge in [-0.2, -0.15) is 5.10 Å². The first-order valence-electron chi connectivity index (χ1n) is 9.06. The van der Waals surface area contributed by atoms with Crippen LogP contribution in [0.25, 0.3) is 0 Å². The lowest BCUT2D eigenvalue weighted by atomic mass is 10.1. The normalized spacial score (nSPS) is 14.8. The van der Waals surface area contributed by atoms with E-state index in [1.165, 1.54) is 6.92 Å². The maximum Gasteiger partial charge on any atom is 0.263 e. The second-order valence-corrected chi connectivity index (χ2v) is 8.46. The molecule has 0 saturated carbocycles. The van der Waals surface area contributed by atoms with Gasteiger partial charge in [0.1, 0.15) is 19.3 Å². The van der Waals surface area contributed by atoms with E-state index in [0.29, 0.717) is 36.1 Å². The highest BCUT2D eigenvalue weighted by Gasteiger charge is 2.29. The first kappa shape index (κ1) is 20.7. The summed E-state index contributed by atoms with van der Waals surface area (Å²) >= 11 is 0. The highest BCUT2D eigenvalue weighted by molar-refractivity contribution is 7.92. The van der Waals surface area contributed by atoms with Gasteiger partial charge in [0.25, 0.3) is 5.91 Å². The highest BCUT2D eigenvalue weighted by atomic mass is 32.2. The SMILES string of the molecule is C/C(=N/NC(=O)[C@H](C)N(c1ccccc1)S(C)(=O)=O)c1ccc2c(c1)OCCO2. The van der Waals surface area contributed by atoms with E-state index in [0.717, 1.165) is 16.1 Å². The van der Waals surface area contributed by atoms with Crippen molar-refractivity contribution in [3.8, 4) is 11.5 Å². The third kappa shape index (κ3) is 4.86. The molecule has 3 rings (SSSR count). The van der Waals surface area contributed by atoms with Crippen molar-refractivity contribution in [3.63, 3.8) is 0 Å². The van der Waals surface area contributed by atoms with Crippen LogP contribution in [0.2, 0.25) is 0 Å². The van der Waals surface area contributed by atoms with Gasteiger partial charge < -0.3 is 9.47 Å². The van der Waals surface area contributed by atoms with Crippen LogP contribution in [0.4, 0.5) is 5.69 Å². The van der Waals surface area contributed by atoms with Crippen molar-refractivity contribution in [2.24, 2.45) is 5.10 Å². The molecule has 0 bridgehead atoms. The van der Waals surface area contributed by atoms with E-state index in [9.17, 15) is 13.2 Å². The second-order valence-electron chi connectivity index (χ2n) is 6.60. The Kier molecular flexibility index (Phi) is 6.07. The Morgan fingerprint density at radius 1 is 1.10 bits per heavy atom. The van der Waals surface area contributed by atoms with Crippen LogP contribution in [-0.4, -0.2) is 45.5 Å². The van der Waals surface area contributed by atoms with Gasteiger partial charge in [-0.25, -0.2) is 13.8 Å². The molecule has 1 N–H and O–H groups in total. The minimum atomic E-state index is -3.67. The zero-order valence-electron chi connectivity index (χ0n) is 16.5. The molecule has 0 saturated heterocycles. The van der Waals surface area contributed by atoms with Crippen LogP contribution >= 0.6 is 0 Å². The quantitative estimate of drug-likeness (QED) is 0.574. The summed E-state index contributed by atoms with van der Waals surface area (Å²) in [4.78, 5) is 12.6. The van der Waals surface area contributed by atoms with Crippen LogP contribution in [0.5, 0.6) is 11.5 Å². The molecular formula is C20H23N3O5S. The number of rotatable bonds is 6. The number of benzene rings is 2. The number of hydrogen-bond acceptors (Lipinski definition) is 6. The van der Waals surface area contributed by atoms with E-state index in [4.69, 9.17) is 9.47 Å². The lowest BCUT2D eigenvalue weighted by Crippen LogP contribution is -2.46. The maximum absolute atomic E-state index is 12.6. The minimum absolute atomic E-state index is 0.408. The van der Waals surface area contributed by atoms with E-state index in [1.54, 1.807) is 49.4 Å². The number of carbonyl (C=O) groups is 1. The standard InChI is InChI=1S/C20H23N3O5S/c1-14(16-9-10-18-19(13-16)28-12-11-27-18)21-22-20(24)15(2)23(29(3,25)26)17-7-5-4-6-8-17/h4-10,13,15H,11-12H2,1-3H3,(H,22,24)/b21-14-/t15-/m0/s1. The molecule has 1 amide bonds. The molecule has 1 aliphatic rings. The summed E-state index contributed by atoms with van der Waals surface area (Å²) in [6.45, 7) is 4.23. The van der Waals surface area contributed by atoms with Gasteiger partial charge in [-0.1, -0.05) is 18.2 Å². The number of anilines is 1. The zero-order chi connectivity index (χ0) is 21.0. The van der Waals surface area contributed by atoms with Crippen molar-refractivity contribution in [1.29, 1.82) is 0 Å². The minimum Gasteiger partial charge on any atom is -0.486 e. The van der Waals surface area contributed by atoms with Gasteiger partial charge in [0.2, 0.25) is 10.0 Å². The molecule has 0 unspecified atom stereocenters. The molecule has 0 spiro atoms. The first-order valence-corrected chi connectivity index (χ1v) is 10.9. The van der Waals surface area contributed by atoms with Gasteiger partial charge in [-0.05, 0) is 44.2 Å². The Labute approximate surface area is 170 Å². The molecular weight excluding hydrogens is 394 g/mol. The zero-order valence-corrected chi connectivity index (χ0v) is 17.3. The fourth-order valence-electron chi connectivity index (χ4n) is 2.95. The summed E-state index contributed by atoms with van der Waals surface area (Å²) in [6.07, 6.45) is 1.06. The molecule has 1 aliphatic heterocycles. The molecule has 0 aromatic heterocycles. The molecule has 29 heavy (non-hydrogen) atoms. The molecule has 2 aromatic rings. The summed E-state index contributed by atoms with van der Waals surface area (Å²) in [5.41, 5.74) is 4.17. The third-order valence-electron chi connectivity index (χ3n) is 4.39. The van der Waals surface area contributed by atoms with Crippen LogP contribution in [0.3, 0.4) is 0 Å². The third-order valence-corrected chi connectivity index (χ3v) is 5.63. The molecule has 9 heteroatoms. The Bertz CT molecular complexity index is 1020. The number of sulfonamides is 1. The smallest absolute Gasteiger partial charge is 0.263 e. The molecule has 8 nitrogen and oxygen atoms in total. The number of nitrogens with one attached hydrogen (secondary N) is 1. The topological polar surface area (TPSA) is 97.3 Å². The monoisotopic (exact) mass is 417 g/mol. The summed E-state index contributed by atoms with van der Waals surface area (Å²) < 4.78 is 36.6. The van der Waals surface area contributed by atoms with Crippen LogP contribution in [0, 0.1) is 0 Å². The number of para-hydroxylation sites is 1. The number of amides is 1. The largest absolute Gasteiger partial charge is 0.486 e. The van der Waals surface area contributed by atoms with Crippen molar-refractivity contribution < 1.29 is 22.7 Å². The molecule has 2 aromatic carbocycles.